The molecule has 26 heavy (non-hydrogen) atoms. The van der Waals surface area contributed by atoms with Gasteiger partial charge in [-0.1, -0.05) is 42.8 Å². The topological polar surface area (TPSA) is 8.17 Å². The Morgan fingerprint density at radius 1 is 1.04 bits per heavy atom. The smallest absolute Gasteiger partial charge is 0.0668 e. The van der Waals surface area contributed by atoms with Crippen LogP contribution in [0.2, 0.25) is 0 Å². The van der Waals surface area contributed by atoms with Crippen molar-refractivity contribution in [1.82, 2.24) is 9.47 Å². The van der Waals surface area contributed by atoms with Crippen LogP contribution >= 0.6 is 11.8 Å². The summed E-state index contributed by atoms with van der Waals surface area (Å²) in [5.41, 5.74) is 4.95. The number of para-hydroxylation sites is 1. The van der Waals surface area contributed by atoms with Crippen molar-refractivity contribution in [2.75, 3.05) is 25.9 Å². The average molecular weight is 361 g/mol. The van der Waals surface area contributed by atoms with E-state index >= 15 is 0 Å². The van der Waals surface area contributed by atoms with E-state index in [0.717, 1.165) is 18.5 Å². The van der Waals surface area contributed by atoms with Gasteiger partial charge in [0.25, 0.3) is 0 Å². The summed E-state index contributed by atoms with van der Waals surface area (Å²) in [6, 6.07) is 20.1. The third-order valence-corrected chi connectivity index (χ3v) is 6.14. The van der Waals surface area contributed by atoms with Gasteiger partial charge in [-0.3, -0.25) is 4.57 Å². The third-order valence-electron chi connectivity index (χ3n) is 5.35. The number of likely N-dealkylation sites (tertiary alicyclic amines) is 1. The number of fused-ring (bicyclic) bond motifs is 1. The molecule has 4 rings (SSSR count). The predicted molar refractivity (Wildman–Crippen MR) is 113 cm³/mol. The molecular weight excluding hydrogens is 336 g/mol. The molecule has 2 heterocycles. The van der Waals surface area contributed by atoms with Crippen molar-refractivity contribution in [1.29, 1.82) is 0 Å². The number of hydrogen-bond donors (Lipinski definition) is 0. The normalized spacial score (nSPS) is 14.8. The van der Waals surface area contributed by atoms with Crippen molar-refractivity contribution in [3.05, 3.63) is 54.1 Å². The number of benzene rings is 2. The number of nitrogens with zero attached hydrogens (tertiary/aromatic N) is 2. The zero-order chi connectivity index (χ0) is 17.9. The van der Waals surface area contributed by atoms with Crippen molar-refractivity contribution >= 4 is 22.7 Å². The highest BCUT2D eigenvalue weighted by Crippen LogP contribution is 2.38. The van der Waals surface area contributed by atoms with E-state index < -0.39 is 0 Å². The first-order chi connectivity index (χ1) is 12.8. The fourth-order valence-corrected chi connectivity index (χ4v) is 4.69. The van der Waals surface area contributed by atoms with Gasteiger partial charge in [0.05, 0.1) is 11.2 Å². The van der Waals surface area contributed by atoms with Crippen LogP contribution in [-0.4, -0.2) is 35.4 Å². The van der Waals surface area contributed by atoms with Crippen LogP contribution < -0.4 is 0 Å². The number of terminal acetylenes is 1. The van der Waals surface area contributed by atoms with E-state index in [1.54, 1.807) is 11.8 Å². The number of thioether (sulfide) groups is 1. The average Bonchev–Trinajstić information content (AvgIpc) is 3.31. The van der Waals surface area contributed by atoms with Crippen molar-refractivity contribution in [3.63, 3.8) is 0 Å². The highest BCUT2D eigenvalue weighted by molar-refractivity contribution is 7.98. The molecule has 0 bridgehead atoms. The number of rotatable bonds is 5. The first kappa shape index (κ1) is 17.3. The third kappa shape index (κ3) is 3.05. The van der Waals surface area contributed by atoms with Crippen LogP contribution in [0.1, 0.15) is 18.4 Å². The lowest BCUT2D eigenvalue weighted by atomic mass is 10.0. The first-order valence-corrected chi connectivity index (χ1v) is 10.5. The molecule has 0 aliphatic carbocycles. The molecule has 3 aromatic rings. The van der Waals surface area contributed by atoms with E-state index in [1.807, 2.05) is 4.57 Å². The van der Waals surface area contributed by atoms with E-state index in [-0.39, 0.29) is 0 Å². The molecule has 1 fully saturated rings. The van der Waals surface area contributed by atoms with E-state index in [2.05, 4.69) is 65.7 Å². The van der Waals surface area contributed by atoms with Gasteiger partial charge in [-0.15, -0.1) is 11.8 Å². The summed E-state index contributed by atoms with van der Waals surface area (Å²) in [6.07, 6.45) is 11.8. The molecule has 0 saturated carbocycles. The largest absolute Gasteiger partial charge is 0.303 e. The molecule has 1 aliphatic heterocycles. The fraction of sp³-hybridized carbons (Fsp3) is 0.304. The molecular formula is C23H24N2S. The summed E-state index contributed by atoms with van der Waals surface area (Å²) in [7, 11) is 0. The lowest BCUT2D eigenvalue weighted by Gasteiger charge is -2.16. The van der Waals surface area contributed by atoms with Crippen molar-refractivity contribution in [2.24, 2.45) is 0 Å². The van der Waals surface area contributed by atoms with E-state index in [1.165, 1.54) is 53.0 Å². The molecule has 1 saturated heterocycles. The van der Waals surface area contributed by atoms with Crippen LogP contribution in [0.4, 0.5) is 0 Å². The summed E-state index contributed by atoms with van der Waals surface area (Å²) >= 11 is 1.78. The van der Waals surface area contributed by atoms with Crippen LogP contribution in [0.3, 0.4) is 0 Å². The first-order valence-electron chi connectivity index (χ1n) is 9.28. The van der Waals surface area contributed by atoms with E-state index in [0.29, 0.717) is 0 Å². The minimum atomic E-state index is 1.03. The fourth-order valence-electron chi connectivity index (χ4n) is 4.09. The molecule has 0 spiro atoms. The summed E-state index contributed by atoms with van der Waals surface area (Å²) in [6.45, 7) is 3.56. The molecule has 0 atom stereocenters. The van der Waals surface area contributed by atoms with Crippen molar-refractivity contribution in [3.8, 4) is 23.7 Å². The Kier molecular flexibility index (Phi) is 5.06. The minimum absolute atomic E-state index is 1.03. The van der Waals surface area contributed by atoms with Crippen LogP contribution in [-0.2, 0) is 6.42 Å². The standard InChI is InChI=1S/C23H24N2S/c1-3-25-21-12-6-4-10-18(21)19(14-17-24-15-8-9-16-24)23(25)20-11-5-7-13-22(20)26-2/h1,4-7,10-13H,8-9,14-17H2,2H3. The van der Waals surface area contributed by atoms with Gasteiger partial charge in [0.2, 0.25) is 0 Å². The van der Waals surface area contributed by atoms with Gasteiger partial charge in [-0.25, -0.2) is 0 Å². The minimum Gasteiger partial charge on any atom is -0.303 e. The molecule has 2 aromatic carbocycles. The summed E-state index contributed by atoms with van der Waals surface area (Å²) < 4.78 is 2.05. The second-order valence-electron chi connectivity index (χ2n) is 6.81. The van der Waals surface area contributed by atoms with Gasteiger partial charge in [-0.05, 0) is 56.3 Å². The summed E-state index contributed by atoms with van der Waals surface area (Å²) in [4.78, 5) is 3.85. The molecule has 0 radical (unpaired) electrons. The predicted octanol–water partition coefficient (Wildman–Crippen LogP) is 5.11. The lowest BCUT2D eigenvalue weighted by Crippen LogP contribution is -2.22. The summed E-state index contributed by atoms with van der Waals surface area (Å²) in [5, 5.41) is 1.29. The maximum Gasteiger partial charge on any atom is 0.0668 e. The molecule has 3 heteroatoms. The number of hydrogen-bond acceptors (Lipinski definition) is 2. The summed E-state index contributed by atoms with van der Waals surface area (Å²) in [5.74, 6) is 0. The maximum atomic E-state index is 5.97. The highest BCUT2D eigenvalue weighted by atomic mass is 32.2. The Hall–Kier alpha value is -2.15. The number of aromatic nitrogens is 1. The Labute approximate surface area is 160 Å². The van der Waals surface area contributed by atoms with Gasteiger partial charge in [0, 0.05) is 28.4 Å². The SMILES string of the molecule is C#Cn1c(-c2ccccc2SC)c(CCN2CCCC2)c2ccccc21. The van der Waals surface area contributed by atoms with Crippen LogP contribution in [0.15, 0.2) is 53.4 Å². The maximum absolute atomic E-state index is 5.97. The highest BCUT2D eigenvalue weighted by Gasteiger charge is 2.21. The van der Waals surface area contributed by atoms with Crippen molar-refractivity contribution in [2.45, 2.75) is 24.2 Å². The van der Waals surface area contributed by atoms with Gasteiger partial charge in [0.15, 0.2) is 0 Å². The molecule has 1 aliphatic rings. The van der Waals surface area contributed by atoms with E-state index in [9.17, 15) is 0 Å². The van der Waals surface area contributed by atoms with Gasteiger partial charge in [0.1, 0.15) is 0 Å². The second-order valence-corrected chi connectivity index (χ2v) is 7.66. The van der Waals surface area contributed by atoms with Gasteiger partial charge < -0.3 is 4.90 Å². The van der Waals surface area contributed by atoms with Gasteiger partial charge >= 0.3 is 0 Å². The van der Waals surface area contributed by atoms with Crippen LogP contribution in [0.5, 0.6) is 0 Å². The molecule has 1 aromatic heterocycles. The van der Waals surface area contributed by atoms with Crippen LogP contribution in [0.25, 0.3) is 22.2 Å². The zero-order valence-corrected chi connectivity index (χ0v) is 16.1. The lowest BCUT2D eigenvalue weighted by molar-refractivity contribution is 0.344. The van der Waals surface area contributed by atoms with E-state index in [4.69, 9.17) is 6.42 Å². The molecule has 0 unspecified atom stereocenters. The second kappa shape index (κ2) is 7.61. The Morgan fingerprint density at radius 3 is 2.54 bits per heavy atom. The Morgan fingerprint density at radius 2 is 1.77 bits per heavy atom. The molecule has 0 N–H and O–H groups in total. The van der Waals surface area contributed by atoms with Crippen molar-refractivity contribution < 1.29 is 0 Å². The monoisotopic (exact) mass is 360 g/mol. The molecule has 132 valence electrons. The Balaban J connectivity index is 1.89. The quantitative estimate of drug-likeness (QED) is 0.462. The zero-order valence-electron chi connectivity index (χ0n) is 15.2. The Bertz CT molecular complexity index is 958. The molecule has 2 nitrogen and oxygen atoms in total. The van der Waals surface area contributed by atoms with Crippen LogP contribution in [0, 0.1) is 12.5 Å². The molecule has 0 amide bonds. The van der Waals surface area contributed by atoms with Gasteiger partial charge in [-0.2, -0.15) is 0 Å².